The summed E-state index contributed by atoms with van der Waals surface area (Å²) >= 11 is 1.54. The minimum absolute atomic E-state index is 0.0746. The van der Waals surface area contributed by atoms with Crippen molar-refractivity contribution < 1.29 is 14.7 Å². The Morgan fingerprint density at radius 3 is 2.94 bits per heavy atom. The molecule has 0 radical (unpaired) electrons. The third-order valence-corrected chi connectivity index (χ3v) is 4.07. The summed E-state index contributed by atoms with van der Waals surface area (Å²) < 4.78 is 0. The Bertz CT molecular complexity index is 429. The molecule has 0 aromatic carbocycles. The molecule has 1 amide bonds. The Kier molecular flexibility index (Phi) is 4.01. The number of amides is 1. The Labute approximate surface area is 110 Å². The first-order valence-electron chi connectivity index (χ1n) is 6.19. The van der Waals surface area contributed by atoms with E-state index in [1.54, 1.807) is 4.90 Å². The fourth-order valence-electron chi connectivity index (χ4n) is 2.57. The summed E-state index contributed by atoms with van der Waals surface area (Å²) in [4.78, 5) is 25.1. The van der Waals surface area contributed by atoms with E-state index in [4.69, 9.17) is 0 Å². The maximum atomic E-state index is 12.0. The summed E-state index contributed by atoms with van der Waals surface area (Å²) in [7, 11) is 0. The number of carboxylic acid groups (broad SMARTS) is 1. The van der Waals surface area contributed by atoms with Crippen LogP contribution in [0.25, 0.3) is 0 Å². The predicted molar refractivity (Wildman–Crippen MR) is 69.4 cm³/mol. The molecule has 0 aliphatic carbocycles. The number of thiophene rings is 1. The van der Waals surface area contributed by atoms with E-state index in [2.05, 4.69) is 0 Å². The third kappa shape index (κ3) is 2.41. The van der Waals surface area contributed by atoms with Gasteiger partial charge >= 0.3 is 5.97 Å². The Morgan fingerprint density at radius 2 is 2.39 bits per heavy atom. The van der Waals surface area contributed by atoms with Crippen LogP contribution in [0.1, 0.15) is 37.8 Å². The van der Waals surface area contributed by atoms with E-state index < -0.39 is 11.9 Å². The van der Waals surface area contributed by atoms with Crippen LogP contribution in [0.2, 0.25) is 0 Å². The van der Waals surface area contributed by atoms with E-state index in [9.17, 15) is 14.7 Å². The molecule has 1 aliphatic rings. The van der Waals surface area contributed by atoms with Gasteiger partial charge in [0.15, 0.2) is 0 Å². The monoisotopic (exact) mass is 267 g/mol. The summed E-state index contributed by atoms with van der Waals surface area (Å²) in [6, 6.07) is 1.63. The highest BCUT2D eigenvalue weighted by atomic mass is 32.1. The molecule has 98 valence electrons. The van der Waals surface area contributed by atoms with Crippen LogP contribution in [0, 0.1) is 5.92 Å². The van der Waals surface area contributed by atoms with Crippen LogP contribution in [-0.4, -0.2) is 28.4 Å². The molecule has 1 aliphatic heterocycles. The molecule has 1 aromatic rings. The molecule has 2 atom stereocenters. The van der Waals surface area contributed by atoms with Crippen molar-refractivity contribution in [3.63, 3.8) is 0 Å². The average Bonchev–Trinajstić information content (AvgIpc) is 2.84. The van der Waals surface area contributed by atoms with E-state index in [1.807, 2.05) is 23.8 Å². The lowest BCUT2D eigenvalue weighted by Gasteiger charge is -2.39. The fourth-order valence-corrected chi connectivity index (χ4v) is 3.26. The number of carbonyl (C=O) groups is 2. The van der Waals surface area contributed by atoms with Gasteiger partial charge in [0.05, 0.1) is 12.0 Å². The summed E-state index contributed by atoms with van der Waals surface area (Å²) in [5, 5.41) is 13.2. The van der Waals surface area contributed by atoms with E-state index in [-0.39, 0.29) is 11.9 Å². The Hall–Kier alpha value is -1.36. The van der Waals surface area contributed by atoms with Crippen LogP contribution in [0.4, 0.5) is 0 Å². The van der Waals surface area contributed by atoms with Crippen molar-refractivity contribution >= 4 is 23.2 Å². The van der Waals surface area contributed by atoms with Gasteiger partial charge in [-0.15, -0.1) is 0 Å². The number of piperidine rings is 1. The molecule has 1 fully saturated rings. The Morgan fingerprint density at radius 1 is 1.61 bits per heavy atom. The zero-order valence-corrected chi connectivity index (χ0v) is 11.2. The highest BCUT2D eigenvalue weighted by Crippen LogP contribution is 2.37. The second-order valence-corrected chi connectivity index (χ2v) is 5.35. The van der Waals surface area contributed by atoms with Gasteiger partial charge in [0.25, 0.3) is 0 Å². The summed E-state index contributed by atoms with van der Waals surface area (Å²) in [5.41, 5.74) is 0.953. The average molecular weight is 267 g/mol. The van der Waals surface area contributed by atoms with Gasteiger partial charge in [0.1, 0.15) is 0 Å². The molecule has 1 N–H and O–H groups in total. The molecular formula is C13H17NO3S. The molecule has 2 unspecified atom stereocenters. The molecule has 18 heavy (non-hydrogen) atoms. The molecule has 1 aromatic heterocycles. The standard InChI is InChI=1S/C13H17NO3S/c1-2-6-14-11(15)4-3-10(13(16)17)12(14)9-5-7-18-8-9/h5,7-8,10,12H,2-4,6H2,1H3,(H,16,17). The maximum absolute atomic E-state index is 12.0. The lowest BCUT2D eigenvalue weighted by molar-refractivity contribution is -0.152. The molecule has 4 nitrogen and oxygen atoms in total. The second-order valence-electron chi connectivity index (χ2n) is 4.57. The third-order valence-electron chi connectivity index (χ3n) is 3.37. The van der Waals surface area contributed by atoms with Gasteiger partial charge in [-0.3, -0.25) is 9.59 Å². The number of likely N-dealkylation sites (tertiary alicyclic amines) is 1. The first-order chi connectivity index (χ1) is 8.65. The minimum Gasteiger partial charge on any atom is -0.481 e. The SMILES string of the molecule is CCCN1C(=O)CCC(C(=O)O)C1c1ccsc1. The van der Waals surface area contributed by atoms with Crippen molar-refractivity contribution in [1.29, 1.82) is 0 Å². The van der Waals surface area contributed by atoms with Gasteiger partial charge in [-0.05, 0) is 35.2 Å². The van der Waals surface area contributed by atoms with Gasteiger partial charge in [0.2, 0.25) is 5.91 Å². The quantitative estimate of drug-likeness (QED) is 0.912. The van der Waals surface area contributed by atoms with Gasteiger partial charge in [0, 0.05) is 13.0 Å². The summed E-state index contributed by atoms with van der Waals surface area (Å²) in [6.07, 6.45) is 1.63. The first-order valence-corrected chi connectivity index (χ1v) is 7.13. The van der Waals surface area contributed by atoms with Crippen molar-refractivity contribution in [2.75, 3.05) is 6.54 Å². The number of aliphatic carboxylic acids is 1. The molecule has 1 saturated heterocycles. The van der Waals surface area contributed by atoms with Crippen molar-refractivity contribution in [2.45, 2.75) is 32.2 Å². The van der Waals surface area contributed by atoms with Gasteiger partial charge < -0.3 is 10.0 Å². The van der Waals surface area contributed by atoms with E-state index in [0.717, 1.165) is 12.0 Å². The lowest BCUT2D eigenvalue weighted by Crippen LogP contribution is -2.45. The zero-order chi connectivity index (χ0) is 13.1. The number of hydrogen-bond acceptors (Lipinski definition) is 3. The summed E-state index contributed by atoms with van der Waals surface area (Å²) in [5.74, 6) is -1.21. The number of nitrogens with zero attached hydrogens (tertiary/aromatic N) is 1. The number of carboxylic acids is 1. The van der Waals surface area contributed by atoms with Gasteiger partial charge in [-0.2, -0.15) is 11.3 Å². The van der Waals surface area contributed by atoms with Gasteiger partial charge in [-0.1, -0.05) is 6.92 Å². The molecule has 5 heteroatoms. The highest BCUT2D eigenvalue weighted by Gasteiger charge is 2.40. The van der Waals surface area contributed by atoms with Crippen LogP contribution in [0.5, 0.6) is 0 Å². The first kappa shape index (κ1) is 13.1. The van der Waals surface area contributed by atoms with Crippen LogP contribution in [0.3, 0.4) is 0 Å². The predicted octanol–water partition coefficient (Wildman–Crippen LogP) is 2.52. The van der Waals surface area contributed by atoms with Crippen molar-refractivity contribution in [3.05, 3.63) is 22.4 Å². The smallest absolute Gasteiger partial charge is 0.308 e. The summed E-state index contributed by atoms with van der Waals surface area (Å²) in [6.45, 7) is 2.63. The molecule has 0 bridgehead atoms. The number of carbonyl (C=O) groups excluding carboxylic acids is 1. The maximum Gasteiger partial charge on any atom is 0.308 e. The molecule has 2 rings (SSSR count). The normalized spacial score (nSPS) is 24.3. The minimum atomic E-state index is -0.806. The molecule has 0 saturated carbocycles. The van der Waals surface area contributed by atoms with E-state index in [1.165, 1.54) is 11.3 Å². The number of rotatable bonds is 4. The largest absolute Gasteiger partial charge is 0.481 e. The molecule has 2 heterocycles. The zero-order valence-electron chi connectivity index (χ0n) is 10.3. The second kappa shape index (κ2) is 5.52. The van der Waals surface area contributed by atoms with Crippen LogP contribution >= 0.6 is 11.3 Å². The fraction of sp³-hybridized carbons (Fsp3) is 0.538. The van der Waals surface area contributed by atoms with Crippen LogP contribution in [0.15, 0.2) is 16.8 Å². The van der Waals surface area contributed by atoms with E-state index >= 15 is 0 Å². The van der Waals surface area contributed by atoms with Gasteiger partial charge in [-0.25, -0.2) is 0 Å². The van der Waals surface area contributed by atoms with Crippen molar-refractivity contribution in [1.82, 2.24) is 4.90 Å². The molecular weight excluding hydrogens is 250 g/mol. The van der Waals surface area contributed by atoms with Crippen LogP contribution < -0.4 is 0 Å². The lowest BCUT2D eigenvalue weighted by atomic mass is 9.85. The molecule has 0 spiro atoms. The topological polar surface area (TPSA) is 57.6 Å². The number of hydrogen-bond donors (Lipinski definition) is 1. The van der Waals surface area contributed by atoms with Crippen molar-refractivity contribution in [2.24, 2.45) is 5.92 Å². The van der Waals surface area contributed by atoms with E-state index in [0.29, 0.717) is 19.4 Å². The van der Waals surface area contributed by atoms with Crippen LogP contribution in [-0.2, 0) is 9.59 Å². The highest BCUT2D eigenvalue weighted by molar-refractivity contribution is 7.08. The van der Waals surface area contributed by atoms with Crippen molar-refractivity contribution in [3.8, 4) is 0 Å². The Balaban J connectivity index is 2.34.